The van der Waals surface area contributed by atoms with E-state index in [0.29, 0.717) is 24.4 Å². The van der Waals surface area contributed by atoms with E-state index in [9.17, 15) is 4.39 Å². The second kappa shape index (κ2) is 9.21. The number of fused-ring (bicyclic) bond motifs is 1. The van der Waals surface area contributed by atoms with E-state index in [0.717, 1.165) is 35.5 Å². The molecular formula is C26H26FN5O. The van der Waals surface area contributed by atoms with Gasteiger partial charge in [0.25, 0.3) is 0 Å². The molecule has 6 nitrogen and oxygen atoms in total. The van der Waals surface area contributed by atoms with Crippen LogP contribution in [0.3, 0.4) is 0 Å². The SMILES string of the molecule is CN(C)c1nc2ccccc2cc1CN1CCO[C@@H](c2nccnc2-c2cccc(F)c2)C1. The van der Waals surface area contributed by atoms with E-state index in [-0.39, 0.29) is 11.9 Å². The summed E-state index contributed by atoms with van der Waals surface area (Å²) in [6.07, 6.45) is 3.05. The first kappa shape index (κ1) is 21.4. The number of rotatable bonds is 5. The lowest BCUT2D eigenvalue weighted by molar-refractivity contribution is -0.0348. The average molecular weight is 444 g/mol. The molecule has 0 spiro atoms. The fourth-order valence-corrected chi connectivity index (χ4v) is 4.35. The molecule has 5 rings (SSSR count). The average Bonchev–Trinajstić information content (AvgIpc) is 2.84. The van der Waals surface area contributed by atoms with Crippen LogP contribution in [0.4, 0.5) is 10.2 Å². The molecule has 0 bridgehead atoms. The maximum absolute atomic E-state index is 13.8. The smallest absolute Gasteiger partial charge is 0.133 e. The normalized spacial score (nSPS) is 16.8. The molecule has 7 heteroatoms. The molecule has 33 heavy (non-hydrogen) atoms. The van der Waals surface area contributed by atoms with Crippen LogP contribution in [-0.2, 0) is 11.3 Å². The molecule has 1 aliphatic rings. The summed E-state index contributed by atoms with van der Waals surface area (Å²) in [6.45, 7) is 2.81. The molecule has 1 fully saturated rings. The van der Waals surface area contributed by atoms with Crippen LogP contribution in [0.5, 0.6) is 0 Å². The van der Waals surface area contributed by atoms with Crippen LogP contribution in [0.15, 0.2) is 67.0 Å². The Hall–Kier alpha value is -3.42. The zero-order valence-corrected chi connectivity index (χ0v) is 18.8. The molecule has 2 aromatic heterocycles. The summed E-state index contributed by atoms with van der Waals surface area (Å²) in [4.78, 5) is 18.4. The van der Waals surface area contributed by atoms with Gasteiger partial charge in [0.05, 0.1) is 23.5 Å². The Kier molecular flexibility index (Phi) is 5.98. The predicted octanol–water partition coefficient (Wildman–Crippen LogP) is 4.47. The molecule has 0 N–H and O–H groups in total. The van der Waals surface area contributed by atoms with Gasteiger partial charge in [0.2, 0.25) is 0 Å². The summed E-state index contributed by atoms with van der Waals surface area (Å²) in [5.41, 5.74) is 4.25. The molecule has 4 aromatic rings. The Morgan fingerprint density at radius 1 is 1.06 bits per heavy atom. The van der Waals surface area contributed by atoms with Crippen molar-refractivity contribution >= 4 is 16.7 Å². The van der Waals surface area contributed by atoms with E-state index in [1.54, 1.807) is 18.5 Å². The quantitative estimate of drug-likeness (QED) is 0.454. The van der Waals surface area contributed by atoms with Gasteiger partial charge in [0.15, 0.2) is 0 Å². The fraction of sp³-hybridized carbons (Fsp3) is 0.269. The van der Waals surface area contributed by atoms with Crippen molar-refractivity contribution in [3.63, 3.8) is 0 Å². The van der Waals surface area contributed by atoms with Gasteiger partial charge in [-0.05, 0) is 24.3 Å². The Labute approximate surface area is 192 Å². The zero-order valence-electron chi connectivity index (χ0n) is 18.8. The number of para-hydroxylation sites is 1. The van der Waals surface area contributed by atoms with Crippen molar-refractivity contribution in [2.75, 3.05) is 38.7 Å². The Balaban J connectivity index is 1.43. The number of aromatic nitrogens is 3. The highest BCUT2D eigenvalue weighted by atomic mass is 19.1. The Morgan fingerprint density at radius 3 is 2.76 bits per heavy atom. The molecule has 3 heterocycles. The number of anilines is 1. The van der Waals surface area contributed by atoms with E-state index < -0.39 is 0 Å². The monoisotopic (exact) mass is 443 g/mol. The maximum Gasteiger partial charge on any atom is 0.133 e. The molecule has 168 valence electrons. The minimum absolute atomic E-state index is 0.248. The molecular weight excluding hydrogens is 417 g/mol. The van der Waals surface area contributed by atoms with Gasteiger partial charge in [-0.2, -0.15) is 0 Å². The lowest BCUT2D eigenvalue weighted by Gasteiger charge is -2.33. The number of ether oxygens (including phenoxy) is 1. The number of benzene rings is 2. The number of hydrogen-bond acceptors (Lipinski definition) is 6. The number of hydrogen-bond donors (Lipinski definition) is 0. The highest BCUT2D eigenvalue weighted by molar-refractivity contribution is 5.81. The van der Waals surface area contributed by atoms with Crippen LogP contribution in [-0.4, -0.2) is 53.6 Å². The van der Waals surface area contributed by atoms with Gasteiger partial charge in [0, 0.05) is 62.6 Å². The number of halogens is 1. The largest absolute Gasteiger partial charge is 0.369 e. The molecule has 2 aromatic carbocycles. The van der Waals surface area contributed by atoms with Crippen LogP contribution >= 0.6 is 0 Å². The van der Waals surface area contributed by atoms with Crippen LogP contribution in [0.1, 0.15) is 17.4 Å². The third-order valence-electron chi connectivity index (χ3n) is 5.88. The van der Waals surface area contributed by atoms with Crippen molar-refractivity contribution in [1.29, 1.82) is 0 Å². The molecule has 0 saturated carbocycles. The van der Waals surface area contributed by atoms with Gasteiger partial charge in [-0.25, -0.2) is 9.37 Å². The van der Waals surface area contributed by atoms with Gasteiger partial charge in [-0.3, -0.25) is 14.9 Å². The van der Waals surface area contributed by atoms with E-state index >= 15 is 0 Å². The van der Waals surface area contributed by atoms with Gasteiger partial charge in [-0.1, -0.05) is 30.3 Å². The van der Waals surface area contributed by atoms with Crippen molar-refractivity contribution in [1.82, 2.24) is 19.9 Å². The zero-order chi connectivity index (χ0) is 22.8. The molecule has 1 atom stereocenters. The van der Waals surface area contributed by atoms with Crippen molar-refractivity contribution < 1.29 is 9.13 Å². The first-order valence-corrected chi connectivity index (χ1v) is 11.1. The third kappa shape index (κ3) is 4.55. The molecule has 0 amide bonds. The van der Waals surface area contributed by atoms with Crippen molar-refractivity contribution in [3.05, 3.63) is 84.1 Å². The van der Waals surface area contributed by atoms with E-state index in [1.807, 2.05) is 38.4 Å². The topological polar surface area (TPSA) is 54.4 Å². The second-order valence-corrected chi connectivity index (χ2v) is 8.45. The number of nitrogens with zero attached hydrogens (tertiary/aromatic N) is 5. The molecule has 1 saturated heterocycles. The summed E-state index contributed by atoms with van der Waals surface area (Å²) in [5.74, 6) is 0.673. The minimum atomic E-state index is -0.296. The number of morpholine rings is 1. The maximum atomic E-state index is 13.8. The van der Waals surface area contributed by atoms with Gasteiger partial charge in [0.1, 0.15) is 17.7 Å². The lowest BCUT2D eigenvalue weighted by Crippen LogP contribution is -2.38. The van der Waals surface area contributed by atoms with E-state index in [1.165, 1.54) is 17.7 Å². The van der Waals surface area contributed by atoms with E-state index in [2.05, 4.69) is 31.9 Å². The number of pyridine rings is 1. The predicted molar refractivity (Wildman–Crippen MR) is 127 cm³/mol. The van der Waals surface area contributed by atoms with Crippen LogP contribution < -0.4 is 4.90 Å². The third-order valence-corrected chi connectivity index (χ3v) is 5.88. The minimum Gasteiger partial charge on any atom is -0.369 e. The second-order valence-electron chi connectivity index (χ2n) is 8.45. The summed E-state index contributed by atoms with van der Waals surface area (Å²) in [5, 5.41) is 1.13. The van der Waals surface area contributed by atoms with Crippen molar-refractivity contribution in [3.8, 4) is 11.3 Å². The van der Waals surface area contributed by atoms with Gasteiger partial charge >= 0.3 is 0 Å². The first-order valence-electron chi connectivity index (χ1n) is 11.1. The van der Waals surface area contributed by atoms with E-state index in [4.69, 9.17) is 9.72 Å². The van der Waals surface area contributed by atoms with Gasteiger partial charge in [-0.15, -0.1) is 0 Å². The van der Waals surface area contributed by atoms with Crippen LogP contribution in [0, 0.1) is 5.82 Å². The van der Waals surface area contributed by atoms with Crippen LogP contribution in [0.2, 0.25) is 0 Å². The summed E-state index contributed by atoms with van der Waals surface area (Å²) >= 11 is 0. The first-order chi connectivity index (χ1) is 16.1. The summed E-state index contributed by atoms with van der Waals surface area (Å²) < 4.78 is 20.0. The summed E-state index contributed by atoms with van der Waals surface area (Å²) in [7, 11) is 4.04. The highest BCUT2D eigenvalue weighted by Gasteiger charge is 2.27. The molecule has 0 unspecified atom stereocenters. The summed E-state index contributed by atoms with van der Waals surface area (Å²) in [6, 6.07) is 16.9. The standard InChI is InChI=1S/C26H26FN5O/c1-31(2)26-20(14-18-6-3-4-9-22(18)30-26)16-32-12-13-33-23(17-32)25-24(28-10-11-29-25)19-7-5-8-21(27)15-19/h3-11,14-15,23H,12-13,16-17H2,1-2H3/t23-/m1/s1. The Bertz CT molecular complexity index is 1280. The van der Waals surface area contributed by atoms with Crippen molar-refractivity contribution in [2.24, 2.45) is 0 Å². The lowest BCUT2D eigenvalue weighted by atomic mass is 10.0. The molecule has 0 aliphatic carbocycles. The molecule has 0 radical (unpaired) electrons. The molecule has 1 aliphatic heterocycles. The van der Waals surface area contributed by atoms with Crippen molar-refractivity contribution in [2.45, 2.75) is 12.6 Å². The van der Waals surface area contributed by atoms with Crippen LogP contribution in [0.25, 0.3) is 22.2 Å². The fourth-order valence-electron chi connectivity index (χ4n) is 4.35. The highest BCUT2D eigenvalue weighted by Crippen LogP contribution is 2.31. The van der Waals surface area contributed by atoms with Gasteiger partial charge < -0.3 is 9.64 Å². The Morgan fingerprint density at radius 2 is 1.91 bits per heavy atom.